The van der Waals surface area contributed by atoms with E-state index in [2.05, 4.69) is 60.5 Å². The van der Waals surface area contributed by atoms with Gasteiger partial charge in [-0.25, -0.2) is 0 Å². The number of aliphatic hydroxyl groups excluding tert-OH is 1. The van der Waals surface area contributed by atoms with Gasteiger partial charge < -0.3 is 29.9 Å². The van der Waals surface area contributed by atoms with Crippen LogP contribution in [0.1, 0.15) is 145 Å². The molecule has 8 heteroatoms. The molecule has 1 aliphatic heterocycles. The van der Waals surface area contributed by atoms with Crippen molar-refractivity contribution in [3.63, 3.8) is 0 Å². The van der Waals surface area contributed by atoms with E-state index in [-0.39, 0.29) is 37.6 Å². The minimum atomic E-state index is -0.980. The largest absolute Gasteiger partial charge is 0.481 e. The fourth-order valence-corrected chi connectivity index (χ4v) is 7.05. The highest BCUT2D eigenvalue weighted by Gasteiger charge is 2.33. The molecule has 0 aliphatic carbocycles. The fraction of sp³-hybridized carbons (Fsp3) is 0.556. The van der Waals surface area contributed by atoms with Crippen LogP contribution in [0, 0.1) is 0 Å². The number of benzene rings is 3. The van der Waals surface area contributed by atoms with Crippen LogP contribution in [0.5, 0.6) is 0 Å². The SMILES string of the molecule is CCCCCCCCN(CCCCCCCC)C[C@H]1C[C@@H](c2ccc(CO)cc2)O[C@@H](c2ccc(-c3cccc(CNC(=O)CCC(=O)O)c3)cc2)O1. The van der Waals surface area contributed by atoms with Crippen molar-refractivity contribution in [2.75, 3.05) is 19.6 Å². The predicted octanol–water partition coefficient (Wildman–Crippen LogP) is 9.90. The van der Waals surface area contributed by atoms with E-state index in [1.807, 2.05) is 36.4 Å². The van der Waals surface area contributed by atoms with Crippen LogP contribution in [0.3, 0.4) is 0 Å². The molecule has 53 heavy (non-hydrogen) atoms. The van der Waals surface area contributed by atoms with Crippen molar-refractivity contribution < 1.29 is 29.3 Å². The number of carboxylic acid groups (broad SMARTS) is 1. The standard InChI is InChI=1S/C45H64N2O6/c1-3-5-7-9-11-13-28-47(29-14-12-10-8-6-4-2)33-41-31-42(38-20-18-35(34-48)19-21-38)53-45(52-41)39-24-22-37(23-25-39)40-17-15-16-36(30-40)32-46-43(49)26-27-44(50)51/h15-25,30,41-42,45,48H,3-14,26-29,31-34H2,1-2H3,(H,46,49)(H,50,51)/t41-,42+,45+/m1/s1. The first-order valence-electron chi connectivity index (χ1n) is 20.3. The molecule has 0 aromatic heterocycles. The Hall–Kier alpha value is -3.56. The number of carbonyl (C=O) groups excluding carboxylic acids is 1. The van der Waals surface area contributed by atoms with Gasteiger partial charge in [-0.2, -0.15) is 0 Å². The van der Waals surface area contributed by atoms with Gasteiger partial charge in [-0.3, -0.25) is 9.59 Å². The van der Waals surface area contributed by atoms with Gasteiger partial charge in [0.1, 0.15) is 0 Å². The van der Waals surface area contributed by atoms with Gasteiger partial charge in [0.05, 0.1) is 25.2 Å². The first-order valence-corrected chi connectivity index (χ1v) is 20.3. The van der Waals surface area contributed by atoms with Crippen LogP contribution in [-0.4, -0.2) is 52.7 Å². The molecular weight excluding hydrogens is 665 g/mol. The van der Waals surface area contributed by atoms with Crippen molar-refractivity contribution in [1.29, 1.82) is 0 Å². The van der Waals surface area contributed by atoms with Crippen molar-refractivity contribution in [3.05, 3.63) is 95.1 Å². The van der Waals surface area contributed by atoms with Gasteiger partial charge in [-0.1, -0.05) is 145 Å². The van der Waals surface area contributed by atoms with E-state index in [1.165, 1.54) is 77.0 Å². The number of carbonyl (C=O) groups is 2. The smallest absolute Gasteiger partial charge is 0.303 e. The molecule has 1 amide bonds. The highest BCUT2D eigenvalue weighted by atomic mass is 16.7. The molecule has 3 atom stereocenters. The average molecular weight is 729 g/mol. The second-order valence-electron chi connectivity index (χ2n) is 14.7. The molecule has 1 heterocycles. The van der Waals surface area contributed by atoms with Crippen LogP contribution >= 0.6 is 0 Å². The lowest BCUT2D eigenvalue weighted by atomic mass is 9.98. The zero-order valence-corrected chi connectivity index (χ0v) is 32.3. The first kappa shape index (κ1) is 42.2. The van der Waals surface area contributed by atoms with Crippen LogP contribution in [0.4, 0.5) is 0 Å². The minimum Gasteiger partial charge on any atom is -0.481 e. The first-order chi connectivity index (χ1) is 25.9. The van der Waals surface area contributed by atoms with Gasteiger partial charge in [-0.15, -0.1) is 0 Å². The van der Waals surface area contributed by atoms with Gasteiger partial charge in [0.25, 0.3) is 0 Å². The molecule has 3 aromatic rings. The molecule has 3 aromatic carbocycles. The van der Waals surface area contributed by atoms with Gasteiger partial charge in [-0.05, 0) is 59.8 Å². The number of aliphatic hydroxyl groups is 1. The van der Waals surface area contributed by atoms with Crippen LogP contribution in [0.2, 0.25) is 0 Å². The molecule has 0 spiro atoms. The average Bonchev–Trinajstić information content (AvgIpc) is 3.18. The quantitative estimate of drug-likeness (QED) is 0.0746. The lowest BCUT2D eigenvalue weighted by Gasteiger charge is -2.38. The number of hydrogen-bond donors (Lipinski definition) is 3. The third kappa shape index (κ3) is 15.4. The summed E-state index contributed by atoms with van der Waals surface area (Å²) < 4.78 is 13.5. The van der Waals surface area contributed by atoms with Crippen molar-refractivity contribution in [2.45, 2.75) is 142 Å². The number of rotatable bonds is 25. The van der Waals surface area contributed by atoms with Gasteiger partial charge in [0.2, 0.25) is 5.91 Å². The Kier molecular flexibility index (Phi) is 19.1. The summed E-state index contributed by atoms with van der Waals surface area (Å²) in [5.41, 5.74) is 5.97. The summed E-state index contributed by atoms with van der Waals surface area (Å²) in [7, 11) is 0. The number of nitrogens with zero attached hydrogens (tertiary/aromatic N) is 1. The lowest BCUT2D eigenvalue weighted by molar-refractivity contribution is -0.253. The Morgan fingerprint density at radius 1 is 0.717 bits per heavy atom. The molecule has 8 nitrogen and oxygen atoms in total. The summed E-state index contributed by atoms with van der Waals surface area (Å²) in [6, 6.07) is 24.5. The van der Waals surface area contributed by atoms with Gasteiger partial charge in [0, 0.05) is 31.5 Å². The molecule has 0 bridgehead atoms. The molecule has 0 unspecified atom stereocenters. The second-order valence-corrected chi connectivity index (χ2v) is 14.7. The van der Waals surface area contributed by atoms with Crippen molar-refractivity contribution in [3.8, 4) is 11.1 Å². The molecule has 0 saturated carbocycles. The highest BCUT2D eigenvalue weighted by Crippen LogP contribution is 2.39. The third-order valence-electron chi connectivity index (χ3n) is 10.2. The Balaban J connectivity index is 1.46. The summed E-state index contributed by atoms with van der Waals surface area (Å²) in [5.74, 6) is -1.25. The topological polar surface area (TPSA) is 108 Å². The van der Waals surface area contributed by atoms with E-state index in [0.29, 0.717) is 6.54 Å². The highest BCUT2D eigenvalue weighted by molar-refractivity contribution is 5.80. The van der Waals surface area contributed by atoms with E-state index in [4.69, 9.17) is 14.6 Å². The van der Waals surface area contributed by atoms with Crippen LogP contribution in [0.15, 0.2) is 72.8 Å². The molecule has 1 aliphatic rings. The molecule has 1 fully saturated rings. The van der Waals surface area contributed by atoms with Crippen LogP contribution < -0.4 is 5.32 Å². The summed E-state index contributed by atoms with van der Waals surface area (Å²) in [6.45, 7) is 7.97. The predicted molar refractivity (Wildman–Crippen MR) is 212 cm³/mol. The Bertz CT molecular complexity index is 1460. The lowest BCUT2D eigenvalue weighted by Crippen LogP contribution is -2.40. The second kappa shape index (κ2) is 24.0. The van der Waals surface area contributed by atoms with E-state index in [9.17, 15) is 14.7 Å². The van der Waals surface area contributed by atoms with Gasteiger partial charge in [0.15, 0.2) is 6.29 Å². The van der Waals surface area contributed by atoms with E-state index < -0.39 is 12.3 Å². The number of nitrogens with one attached hydrogen (secondary N) is 1. The number of ether oxygens (including phenoxy) is 2. The zero-order chi connectivity index (χ0) is 37.7. The Morgan fingerprint density at radius 3 is 1.96 bits per heavy atom. The fourth-order valence-electron chi connectivity index (χ4n) is 7.05. The molecule has 4 rings (SSSR count). The summed E-state index contributed by atoms with van der Waals surface area (Å²) in [5, 5.41) is 21.3. The van der Waals surface area contributed by atoms with Crippen molar-refractivity contribution in [2.24, 2.45) is 0 Å². The van der Waals surface area contributed by atoms with Crippen LogP contribution in [-0.2, 0) is 32.2 Å². The summed E-state index contributed by atoms with van der Waals surface area (Å²) >= 11 is 0. The number of amides is 1. The summed E-state index contributed by atoms with van der Waals surface area (Å²) in [6.07, 6.45) is 15.4. The summed E-state index contributed by atoms with van der Waals surface area (Å²) in [4.78, 5) is 25.5. The van der Waals surface area contributed by atoms with Crippen molar-refractivity contribution in [1.82, 2.24) is 10.2 Å². The van der Waals surface area contributed by atoms with Crippen LogP contribution in [0.25, 0.3) is 11.1 Å². The normalized spacial score (nSPS) is 17.2. The molecule has 1 saturated heterocycles. The minimum absolute atomic E-state index is 0.0125. The number of aliphatic carboxylic acids is 1. The number of unbranched alkanes of at least 4 members (excludes halogenated alkanes) is 10. The van der Waals surface area contributed by atoms with E-state index in [1.54, 1.807) is 0 Å². The van der Waals surface area contributed by atoms with Crippen molar-refractivity contribution >= 4 is 11.9 Å². The molecular formula is C45H64N2O6. The van der Waals surface area contributed by atoms with E-state index in [0.717, 1.165) is 59.4 Å². The Morgan fingerprint density at radius 2 is 1.34 bits per heavy atom. The molecule has 290 valence electrons. The number of carboxylic acids is 1. The zero-order valence-electron chi connectivity index (χ0n) is 32.3. The maximum absolute atomic E-state index is 12.1. The maximum Gasteiger partial charge on any atom is 0.303 e. The molecule has 0 radical (unpaired) electrons. The maximum atomic E-state index is 12.1. The monoisotopic (exact) mass is 728 g/mol. The van der Waals surface area contributed by atoms with E-state index >= 15 is 0 Å². The Labute approximate surface area is 318 Å². The molecule has 3 N–H and O–H groups in total. The van der Waals surface area contributed by atoms with Gasteiger partial charge >= 0.3 is 5.97 Å². The third-order valence-corrected chi connectivity index (χ3v) is 10.2. The number of hydrogen-bond acceptors (Lipinski definition) is 6.